The molecule has 3 amide bonds. The number of nitrogens with zero attached hydrogens (tertiary/aromatic N) is 2. The lowest BCUT2D eigenvalue weighted by Gasteiger charge is -2.26. The van der Waals surface area contributed by atoms with Crippen LogP contribution in [0.5, 0.6) is 0 Å². The minimum Gasteiger partial charge on any atom is -0.366 e. The number of alkyl halides is 3. The number of fused-ring (bicyclic) bond motifs is 1. The van der Waals surface area contributed by atoms with Crippen molar-refractivity contribution in [3.63, 3.8) is 0 Å². The number of para-hydroxylation sites is 1. The van der Waals surface area contributed by atoms with E-state index in [2.05, 4.69) is 0 Å². The maximum Gasteiger partial charge on any atom is 0.416 e. The number of carbonyl (C=O) groups excluding carboxylic acids is 3. The van der Waals surface area contributed by atoms with E-state index in [9.17, 15) is 27.6 Å². The van der Waals surface area contributed by atoms with Crippen LogP contribution in [0.1, 0.15) is 34.3 Å². The van der Waals surface area contributed by atoms with E-state index in [1.807, 2.05) is 0 Å². The Bertz CT molecular complexity index is 1260. The van der Waals surface area contributed by atoms with Gasteiger partial charge in [0, 0.05) is 17.8 Å². The summed E-state index contributed by atoms with van der Waals surface area (Å²) in [6.07, 6.45) is -4.64. The third-order valence-corrected chi connectivity index (χ3v) is 5.67. The molecule has 0 spiro atoms. The first-order chi connectivity index (χ1) is 16.1. The Balaban J connectivity index is 1.96. The Morgan fingerprint density at radius 1 is 0.912 bits per heavy atom. The number of hydrogen-bond acceptors (Lipinski definition) is 3. The fraction of sp³-hybridized carbons (Fsp3) is 0.160. The SMILES string of the molecule is CCN1C(=O)C(c2ccc(C(N)=O)cc2)C(=O)N(c2ccccc2)c2cc(C(F)(F)F)ccc21. The lowest BCUT2D eigenvalue weighted by atomic mass is 9.95. The quantitative estimate of drug-likeness (QED) is 0.569. The molecule has 2 N–H and O–H groups in total. The van der Waals surface area contributed by atoms with Crippen molar-refractivity contribution < 1.29 is 27.6 Å². The zero-order valence-corrected chi connectivity index (χ0v) is 18.0. The van der Waals surface area contributed by atoms with Crippen molar-refractivity contribution in [1.82, 2.24) is 0 Å². The normalized spacial score (nSPS) is 16.3. The van der Waals surface area contributed by atoms with Crippen molar-refractivity contribution in [3.05, 3.63) is 89.5 Å². The summed E-state index contributed by atoms with van der Waals surface area (Å²) in [6.45, 7) is 1.80. The maximum absolute atomic E-state index is 13.9. The van der Waals surface area contributed by atoms with Gasteiger partial charge in [-0.1, -0.05) is 30.3 Å². The van der Waals surface area contributed by atoms with E-state index in [0.29, 0.717) is 11.3 Å². The molecule has 0 radical (unpaired) electrons. The van der Waals surface area contributed by atoms with Gasteiger partial charge in [-0.05, 0) is 55.0 Å². The molecule has 0 aliphatic carbocycles. The lowest BCUT2D eigenvalue weighted by Crippen LogP contribution is -2.39. The zero-order valence-electron chi connectivity index (χ0n) is 18.0. The summed E-state index contributed by atoms with van der Waals surface area (Å²) < 4.78 is 40.7. The molecule has 1 unspecified atom stereocenters. The number of nitrogens with two attached hydrogens (primary N) is 1. The summed E-state index contributed by atoms with van der Waals surface area (Å²) in [5, 5.41) is 0. The summed E-state index contributed by atoms with van der Waals surface area (Å²) in [6, 6.07) is 16.9. The topological polar surface area (TPSA) is 83.7 Å². The lowest BCUT2D eigenvalue weighted by molar-refractivity contribution is -0.137. The summed E-state index contributed by atoms with van der Waals surface area (Å²) >= 11 is 0. The maximum atomic E-state index is 13.9. The van der Waals surface area contributed by atoms with E-state index < -0.39 is 35.4 Å². The Morgan fingerprint density at radius 3 is 2.12 bits per heavy atom. The van der Waals surface area contributed by atoms with Crippen molar-refractivity contribution in [2.24, 2.45) is 5.73 Å². The smallest absolute Gasteiger partial charge is 0.366 e. The molecule has 0 saturated heterocycles. The van der Waals surface area contributed by atoms with Gasteiger partial charge in [-0.3, -0.25) is 19.3 Å². The van der Waals surface area contributed by atoms with Gasteiger partial charge >= 0.3 is 6.18 Å². The zero-order chi connectivity index (χ0) is 24.6. The van der Waals surface area contributed by atoms with Gasteiger partial charge in [0.25, 0.3) is 0 Å². The fourth-order valence-electron chi connectivity index (χ4n) is 4.03. The number of likely N-dealkylation sites (N-methyl/N-ethyl adjacent to an activating group) is 1. The number of rotatable bonds is 4. The van der Waals surface area contributed by atoms with Crippen LogP contribution in [0.4, 0.5) is 30.2 Å². The molecule has 3 aromatic rings. The molecule has 9 heteroatoms. The number of anilines is 3. The average Bonchev–Trinajstić information content (AvgIpc) is 2.89. The molecule has 1 aliphatic rings. The van der Waals surface area contributed by atoms with Crippen LogP contribution in [0, 0.1) is 0 Å². The number of primary amides is 1. The molecule has 4 rings (SSSR count). The van der Waals surface area contributed by atoms with E-state index >= 15 is 0 Å². The second-order valence-corrected chi connectivity index (χ2v) is 7.71. The van der Waals surface area contributed by atoms with Crippen LogP contribution in [-0.4, -0.2) is 24.3 Å². The summed E-state index contributed by atoms with van der Waals surface area (Å²) in [7, 11) is 0. The van der Waals surface area contributed by atoms with Gasteiger partial charge in [0.1, 0.15) is 5.92 Å². The van der Waals surface area contributed by atoms with Crippen molar-refractivity contribution in [2.45, 2.75) is 19.0 Å². The van der Waals surface area contributed by atoms with Gasteiger partial charge in [-0.2, -0.15) is 13.2 Å². The van der Waals surface area contributed by atoms with Crippen LogP contribution in [0.2, 0.25) is 0 Å². The monoisotopic (exact) mass is 467 g/mol. The van der Waals surface area contributed by atoms with Crippen molar-refractivity contribution >= 4 is 34.8 Å². The minimum atomic E-state index is -4.64. The molecule has 1 atom stereocenters. The van der Waals surface area contributed by atoms with Crippen molar-refractivity contribution in [2.75, 3.05) is 16.3 Å². The Morgan fingerprint density at radius 2 is 1.56 bits per heavy atom. The largest absolute Gasteiger partial charge is 0.416 e. The third-order valence-electron chi connectivity index (χ3n) is 5.67. The standard InChI is InChI=1S/C25H20F3N3O3/c1-2-30-19-13-12-17(25(26,27)28)14-20(19)31(18-6-4-3-5-7-18)24(34)21(23(30)33)15-8-10-16(11-9-15)22(29)32/h3-14,21H,2H2,1H3,(H2,29,32). The third kappa shape index (κ3) is 4.00. The predicted octanol–water partition coefficient (Wildman–Crippen LogP) is 4.62. The second-order valence-electron chi connectivity index (χ2n) is 7.71. The van der Waals surface area contributed by atoms with Gasteiger partial charge in [0.2, 0.25) is 17.7 Å². The van der Waals surface area contributed by atoms with E-state index in [4.69, 9.17) is 5.73 Å². The molecule has 1 heterocycles. The highest BCUT2D eigenvalue weighted by atomic mass is 19.4. The first-order valence-electron chi connectivity index (χ1n) is 10.4. The van der Waals surface area contributed by atoms with E-state index in [1.54, 1.807) is 37.3 Å². The Kier molecular flexibility index (Phi) is 5.87. The first-order valence-corrected chi connectivity index (χ1v) is 10.4. The number of benzene rings is 3. The van der Waals surface area contributed by atoms with E-state index in [1.165, 1.54) is 35.2 Å². The molecule has 6 nitrogen and oxygen atoms in total. The van der Waals surface area contributed by atoms with Gasteiger partial charge in [0.05, 0.1) is 16.9 Å². The van der Waals surface area contributed by atoms with Gasteiger partial charge in [0.15, 0.2) is 0 Å². The van der Waals surface area contributed by atoms with Gasteiger partial charge < -0.3 is 10.6 Å². The van der Waals surface area contributed by atoms with Gasteiger partial charge in [-0.15, -0.1) is 0 Å². The molecule has 0 saturated carbocycles. The molecular formula is C25H20F3N3O3. The molecule has 0 bridgehead atoms. The Labute approximate surface area is 193 Å². The summed E-state index contributed by atoms with van der Waals surface area (Å²) in [4.78, 5) is 41.3. The number of halogens is 3. The number of carbonyl (C=O) groups is 3. The summed E-state index contributed by atoms with van der Waals surface area (Å²) in [5.74, 6) is -3.31. The molecule has 1 aliphatic heterocycles. The number of amides is 3. The molecule has 0 aromatic heterocycles. The molecular weight excluding hydrogens is 447 g/mol. The van der Waals surface area contributed by atoms with Crippen LogP contribution in [0.15, 0.2) is 72.8 Å². The van der Waals surface area contributed by atoms with E-state index in [-0.39, 0.29) is 23.5 Å². The number of hydrogen-bond donors (Lipinski definition) is 1. The average molecular weight is 467 g/mol. The van der Waals surface area contributed by atoms with Crippen LogP contribution in [-0.2, 0) is 15.8 Å². The fourth-order valence-corrected chi connectivity index (χ4v) is 4.03. The van der Waals surface area contributed by atoms with Crippen molar-refractivity contribution in [3.8, 4) is 0 Å². The van der Waals surface area contributed by atoms with Crippen LogP contribution in [0.3, 0.4) is 0 Å². The summed E-state index contributed by atoms with van der Waals surface area (Å²) in [5.41, 5.74) is 5.31. The minimum absolute atomic E-state index is 0.0440. The predicted molar refractivity (Wildman–Crippen MR) is 121 cm³/mol. The first kappa shape index (κ1) is 23.0. The van der Waals surface area contributed by atoms with Crippen molar-refractivity contribution in [1.29, 1.82) is 0 Å². The molecule has 34 heavy (non-hydrogen) atoms. The van der Waals surface area contributed by atoms with Gasteiger partial charge in [-0.25, -0.2) is 0 Å². The molecule has 174 valence electrons. The highest BCUT2D eigenvalue weighted by Gasteiger charge is 2.42. The highest BCUT2D eigenvalue weighted by Crippen LogP contribution is 2.44. The van der Waals surface area contributed by atoms with Crippen LogP contribution < -0.4 is 15.5 Å². The Hall–Kier alpha value is -4.14. The molecule has 3 aromatic carbocycles. The highest BCUT2D eigenvalue weighted by molar-refractivity contribution is 6.23. The van der Waals surface area contributed by atoms with Crippen LogP contribution >= 0.6 is 0 Å². The molecule has 0 fully saturated rings. The van der Waals surface area contributed by atoms with E-state index in [0.717, 1.165) is 17.0 Å². The second kappa shape index (κ2) is 8.66. The van der Waals surface area contributed by atoms with Crippen LogP contribution in [0.25, 0.3) is 0 Å².